The second-order valence-electron chi connectivity index (χ2n) is 3.14. The maximum absolute atomic E-state index is 12.8. The molecule has 0 aromatic heterocycles. The highest BCUT2D eigenvalue weighted by Gasteiger charge is 2.12. The van der Waals surface area contributed by atoms with Crippen LogP contribution in [0.5, 0.6) is 0 Å². The van der Waals surface area contributed by atoms with Crippen LogP contribution in [0.1, 0.15) is 12.0 Å². The van der Waals surface area contributed by atoms with Crippen molar-refractivity contribution in [2.45, 2.75) is 6.42 Å². The summed E-state index contributed by atoms with van der Waals surface area (Å²) in [6.45, 7) is 0.0403. The van der Waals surface area contributed by atoms with Crippen LogP contribution in [-0.2, 0) is 4.84 Å². The van der Waals surface area contributed by atoms with Crippen LogP contribution in [0.25, 0.3) is 0 Å². The Labute approximate surface area is 95.5 Å². The third-order valence-electron chi connectivity index (χ3n) is 1.84. The molecule has 94 valence electrons. The molecule has 0 aliphatic carbocycles. The van der Waals surface area contributed by atoms with E-state index in [4.69, 9.17) is 10.8 Å². The number of rotatable bonds is 5. The average molecular weight is 248 g/mol. The molecule has 0 atom stereocenters. The van der Waals surface area contributed by atoms with Gasteiger partial charge in [-0.05, 0) is 12.1 Å². The van der Waals surface area contributed by atoms with E-state index < -0.39 is 17.5 Å². The molecule has 3 N–H and O–H groups in total. The topological polar surface area (TPSA) is 67.8 Å². The van der Waals surface area contributed by atoms with Gasteiger partial charge in [-0.1, -0.05) is 5.16 Å². The summed E-state index contributed by atoms with van der Waals surface area (Å²) in [4.78, 5) is 4.66. The number of hydrogen-bond acceptors (Lipinski definition) is 3. The van der Waals surface area contributed by atoms with Gasteiger partial charge >= 0.3 is 0 Å². The minimum Gasteiger partial charge on any atom is -0.396 e. The minimum atomic E-state index is -1.57. The molecule has 0 heterocycles. The molecule has 1 aromatic rings. The minimum absolute atomic E-state index is 0.0742. The van der Waals surface area contributed by atoms with Gasteiger partial charge in [0.15, 0.2) is 23.3 Å². The molecular formula is C10H11F3N2O2. The van der Waals surface area contributed by atoms with Crippen LogP contribution >= 0.6 is 0 Å². The van der Waals surface area contributed by atoms with Crippen LogP contribution in [0.15, 0.2) is 17.3 Å². The number of aliphatic hydroxyl groups excluding tert-OH is 1. The van der Waals surface area contributed by atoms with Crippen LogP contribution < -0.4 is 5.73 Å². The van der Waals surface area contributed by atoms with Gasteiger partial charge in [0, 0.05) is 18.6 Å². The molecule has 0 saturated carbocycles. The quantitative estimate of drug-likeness (QED) is 0.270. The fourth-order valence-electron chi connectivity index (χ4n) is 1.00. The zero-order valence-electron chi connectivity index (χ0n) is 8.79. The molecule has 0 bridgehead atoms. The molecule has 17 heavy (non-hydrogen) atoms. The van der Waals surface area contributed by atoms with Crippen molar-refractivity contribution < 1.29 is 23.1 Å². The Morgan fingerprint density at radius 2 is 1.88 bits per heavy atom. The summed E-state index contributed by atoms with van der Waals surface area (Å²) in [5.74, 6) is -4.55. The van der Waals surface area contributed by atoms with Crippen molar-refractivity contribution in [3.05, 3.63) is 35.1 Å². The Kier molecular flexibility index (Phi) is 4.77. The van der Waals surface area contributed by atoms with E-state index in [1.807, 2.05) is 0 Å². The normalized spacial score (nSPS) is 11.6. The Bertz CT molecular complexity index is 401. The van der Waals surface area contributed by atoms with Crippen molar-refractivity contribution >= 4 is 5.84 Å². The molecule has 0 fully saturated rings. The van der Waals surface area contributed by atoms with Crippen molar-refractivity contribution in [2.75, 3.05) is 13.2 Å². The van der Waals surface area contributed by atoms with E-state index in [0.29, 0.717) is 18.6 Å². The van der Waals surface area contributed by atoms with Crippen LogP contribution in [0.2, 0.25) is 0 Å². The molecular weight excluding hydrogens is 237 g/mol. The van der Waals surface area contributed by atoms with Gasteiger partial charge in [0.05, 0.1) is 0 Å². The number of halogens is 3. The van der Waals surface area contributed by atoms with Crippen LogP contribution in [0.3, 0.4) is 0 Å². The number of benzene rings is 1. The number of aliphatic hydroxyl groups is 1. The molecule has 4 nitrogen and oxygen atoms in total. The lowest BCUT2D eigenvalue weighted by Crippen LogP contribution is -2.15. The molecule has 0 saturated heterocycles. The molecule has 0 aliphatic rings. The summed E-state index contributed by atoms with van der Waals surface area (Å²) < 4.78 is 38.3. The molecule has 1 aromatic carbocycles. The zero-order chi connectivity index (χ0) is 12.8. The second kappa shape index (κ2) is 6.09. The highest BCUT2D eigenvalue weighted by Crippen LogP contribution is 2.13. The van der Waals surface area contributed by atoms with E-state index in [9.17, 15) is 13.2 Å². The molecule has 0 spiro atoms. The van der Waals surface area contributed by atoms with Gasteiger partial charge in [-0.2, -0.15) is 0 Å². The third-order valence-corrected chi connectivity index (χ3v) is 1.84. The van der Waals surface area contributed by atoms with Crippen molar-refractivity contribution in [1.82, 2.24) is 0 Å². The van der Waals surface area contributed by atoms with E-state index in [1.54, 1.807) is 0 Å². The SMILES string of the molecule is N/C(=N/OCCCO)c1cc(F)c(F)c(F)c1. The van der Waals surface area contributed by atoms with E-state index in [0.717, 1.165) is 0 Å². The van der Waals surface area contributed by atoms with E-state index in [-0.39, 0.29) is 24.6 Å². The van der Waals surface area contributed by atoms with Crippen LogP contribution in [0.4, 0.5) is 13.2 Å². The lowest BCUT2D eigenvalue weighted by Gasteiger charge is -2.03. The van der Waals surface area contributed by atoms with Gasteiger partial charge < -0.3 is 15.7 Å². The largest absolute Gasteiger partial charge is 0.396 e. The first-order valence-corrected chi connectivity index (χ1v) is 4.77. The van der Waals surface area contributed by atoms with Crippen molar-refractivity contribution in [3.63, 3.8) is 0 Å². The molecule has 0 aliphatic heterocycles. The first-order chi connectivity index (χ1) is 8.06. The van der Waals surface area contributed by atoms with Crippen LogP contribution in [0, 0.1) is 17.5 Å². The molecule has 0 radical (unpaired) electrons. The fourth-order valence-corrected chi connectivity index (χ4v) is 1.00. The Balaban J connectivity index is 2.78. The molecule has 0 amide bonds. The Morgan fingerprint density at radius 3 is 2.41 bits per heavy atom. The first kappa shape index (κ1) is 13.3. The highest BCUT2D eigenvalue weighted by molar-refractivity contribution is 5.97. The van der Waals surface area contributed by atoms with Gasteiger partial charge in [0.2, 0.25) is 0 Å². The number of amidine groups is 1. The maximum atomic E-state index is 12.8. The van der Waals surface area contributed by atoms with Gasteiger partial charge in [-0.25, -0.2) is 13.2 Å². The van der Waals surface area contributed by atoms with E-state index >= 15 is 0 Å². The monoisotopic (exact) mass is 248 g/mol. The maximum Gasteiger partial charge on any atom is 0.194 e. The Hall–Kier alpha value is -1.76. The number of nitrogens with two attached hydrogens (primary N) is 1. The number of nitrogens with zero attached hydrogens (tertiary/aromatic N) is 1. The summed E-state index contributed by atoms with van der Waals surface area (Å²) in [5, 5.41) is 11.8. The predicted octanol–water partition coefficient (Wildman–Crippen LogP) is 1.12. The average Bonchev–Trinajstić information content (AvgIpc) is 2.30. The van der Waals surface area contributed by atoms with Gasteiger partial charge in [-0.3, -0.25) is 0 Å². The van der Waals surface area contributed by atoms with Gasteiger partial charge in [0.1, 0.15) is 6.61 Å². The summed E-state index contributed by atoms with van der Waals surface area (Å²) >= 11 is 0. The van der Waals surface area contributed by atoms with Crippen molar-refractivity contribution in [3.8, 4) is 0 Å². The smallest absolute Gasteiger partial charge is 0.194 e. The van der Waals surface area contributed by atoms with Crippen molar-refractivity contribution in [1.29, 1.82) is 0 Å². The lowest BCUT2D eigenvalue weighted by molar-refractivity contribution is 0.124. The van der Waals surface area contributed by atoms with E-state index in [2.05, 4.69) is 9.99 Å². The highest BCUT2D eigenvalue weighted by atomic mass is 19.2. The lowest BCUT2D eigenvalue weighted by atomic mass is 10.2. The standard InChI is InChI=1S/C10H11F3N2O2/c11-7-4-6(5-8(12)9(7)13)10(14)15-17-3-1-2-16/h4-5,16H,1-3H2,(H2,14,15). The number of hydrogen-bond donors (Lipinski definition) is 2. The van der Waals surface area contributed by atoms with Gasteiger partial charge in [-0.15, -0.1) is 0 Å². The first-order valence-electron chi connectivity index (χ1n) is 4.77. The summed E-state index contributed by atoms with van der Waals surface area (Å²) in [6.07, 6.45) is 0.350. The Morgan fingerprint density at radius 1 is 1.29 bits per heavy atom. The third kappa shape index (κ3) is 3.63. The van der Waals surface area contributed by atoms with Gasteiger partial charge in [0.25, 0.3) is 0 Å². The van der Waals surface area contributed by atoms with E-state index in [1.165, 1.54) is 0 Å². The summed E-state index contributed by atoms with van der Waals surface area (Å²) in [5.41, 5.74) is 5.25. The number of oxime groups is 1. The van der Waals surface area contributed by atoms with Crippen LogP contribution in [-0.4, -0.2) is 24.2 Å². The predicted molar refractivity (Wildman–Crippen MR) is 54.7 cm³/mol. The fraction of sp³-hybridized carbons (Fsp3) is 0.300. The molecule has 7 heteroatoms. The summed E-state index contributed by atoms with van der Waals surface area (Å²) in [7, 11) is 0. The zero-order valence-corrected chi connectivity index (χ0v) is 8.79. The molecule has 0 unspecified atom stereocenters. The molecule has 1 rings (SSSR count). The second-order valence-corrected chi connectivity index (χ2v) is 3.14. The van der Waals surface area contributed by atoms with Crippen molar-refractivity contribution in [2.24, 2.45) is 10.9 Å². The summed E-state index contributed by atoms with van der Waals surface area (Å²) in [6, 6.07) is 1.43.